The Morgan fingerprint density at radius 3 is 2.86 bits per heavy atom. The fourth-order valence-corrected chi connectivity index (χ4v) is 1.40. The fourth-order valence-electron chi connectivity index (χ4n) is 0.910. The van der Waals surface area contributed by atoms with Gasteiger partial charge in [0, 0.05) is 3.57 Å². The number of hydrogen-bond acceptors (Lipinski definition) is 4. The van der Waals surface area contributed by atoms with Gasteiger partial charge in [-0.15, -0.1) is 5.26 Å². The Morgan fingerprint density at radius 2 is 2.29 bits per heavy atom. The monoisotopic (exact) mass is 303 g/mol. The molecule has 1 aromatic rings. The average Bonchev–Trinajstić information content (AvgIpc) is 2.20. The zero-order valence-electron chi connectivity index (χ0n) is 7.28. The van der Waals surface area contributed by atoms with Gasteiger partial charge in [0.15, 0.2) is 5.75 Å². The number of methoxy groups -OCH3 is 1. The average molecular weight is 303 g/mol. The third-order valence-electron chi connectivity index (χ3n) is 1.50. The summed E-state index contributed by atoms with van der Waals surface area (Å²) in [5.41, 5.74) is 0.251. The lowest BCUT2D eigenvalue weighted by molar-refractivity contribution is 0.0598. The number of benzene rings is 1. The molecule has 0 aliphatic carbocycles. The van der Waals surface area contributed by atoms with Crippen LogP contribution in [0.4, 0.5) is 0 Å². The van der Waals surface area contributed by atoms with Gasteiger partial charge in [-0.05, 0) is 40.8 Å². The highest BCUT2D eigenvalue weighted by Crippen LogP contribution is 2.21. The van der Waals surface area contributed by atoms with Gasteiger partial charge in [0.25, 0.3) is 6.26 Å². The quantitative estimate of drug-likeness (QED) is 0.476. The Bertz CT molecular complexity index is 398. The number of carbonyl (C=O) groups excluding carboxylic acids is 1. The van der Waals surface area contributed by atoms with E-state index in [1.165, 1.54) is 13.4 Å². The van der Waals surface area contributed by atoms with Crippen molar-refractivity contribution in [3.8, 4) is 12.0 Å². The van der Waals surface area contributed by atoms with E-state index in [1.54, 1.807) is 18.2 Å². The number of ether oxygens (including phenoxy) is 2. The second kappa shape index (κ2) is 4.81. The van der Waals surface area contributed by atoms with E-state index in [0.29, 0.717) is 0 Å². The minimum Gasteiger partial charge on any atom is -0.465 e. The van der Waals surface area contributed by atoms with E-state index in [1.807, 2.05) is 0 Å². The first-order valence-corrected chi connectivity index (χ1v) is 4.70. The molecule has 4 nitrogen and oxygen atoms in total. The van der Waals surface area contributed by atoms with Gasteiger partial charge in [0.1, 0.15) is 5.56 Å². The lowest BCUT2D eigenvalue weighted by atomic mass is 10.2. The molecule has 0 fully saturated rings. The Kier molecular flexibility index (Phi) is 3.71. The maximum Gasteiger partial charge on any atom is 0.341 e. The molecule has 0 saturated heterocycles. The van der Waals surface area contributed by atoms with Gasteiger partial charge in [-0.1, -0.05) is 0 Å². The Morgan fingerprint density at radius 1 is 1.57 bits per heavy atom. The van der Waals surface area contributed by atoms with Crippen LogP contribution in [0, 0.1) is 15.1 Å². The molecule has 0 amide bonds. The molecule has 0 atom stereocenters. The molecule has 1 aromatic carbocycles. The SMILES string of the molecule is COC(=O)c1cc(I)ccc1OC#N. The Labute approximate surface area is 94.6 Å². The van der Waals surface area contributed by atoms with E-state index in [2.05, 4.69) is 32.1 Å². The van der Waals surface area contributed by atoms with Crippen LogP contribution in [0.1, 0.15) is 10.4 Å². The van der Waals surface area contributed by atoms with Crippen LogP contribution in [0.25, 0.3) is 0 Å². The molecule has 5 heteroatoms. The zero-order chi connectivity index (χ0) is 10.6. The molecule has 0 aromatic heterocycles. The van der Waals surface area contributed by atoms with Gasteiger partial charge in [0.2, 0.25) is 0 Å². The lowest BCUT2D eigenvalue weighted by Gasteiger charge is -2.04. The molecular weight excluding hydrogens is 297 g/mol. The second-order valence-electron chi connectivity index (χ2n) is 2.33. The molecule has 0 saturated carbocycles. The van der Waals surface area contributed by atoms with Crippen molar-refractivity contribution in [2.24, 2.45) is 0 Å². The molecule has 0 aliphatic rings. The summed E-state index contributed by atoms with van der Waals surface area (Å²) in [6.45, 7) is 0. The summed E-state index contributed by atoms with van der Waals surface area (Å²) < 4.78 is 10.0. The van der Waals surface area contributed by atoms with Crippen LogP contribution in [-0.4, -0.2) is 13.1 Å². The highest BCUT2D eigenvalue weighted by molar-refractivity contribution is 14.1. The number of hydrogen-bond donors (Lipinski definition) is 0. The van der Waals surface area contributed by atoms with E-state index in [-0.39, 0.29) is 11.3 Å². The third kappa shape index (κ3) is 2.35. The fraction of sp³-hybridized carbons (Fsp3) is 0.111. The Hall–Kier alpha value is -1.29. The summed E-state index contributed by atoms with van der Waals surface area (Å²) >= 11 is 2.05. The second-order valence-corrected chi connectivity index (χ2v) is 3.57. The van der Waals surface area contributed by atoms with Crippen molar-refractivity contribution in [1.82, 2.24) is 0 Å². The Balaban J connectivity index is 3.16. The van der Waals surface area contributed by atoms with E-state index in [9.17, 15) is 4.79 Å². The summed E-state index contributed by atoms with van der Waals surface area (Å²) in [5, 5.41) is 8.34. The van der Waals surface area contributed by atoms with Crippen molar-refractivity contribution in [3.63, 3.8) is 0 Å². The number of halogens is 1. The smallest absolute Gasteiger partial charge is 0.341 e. The number of nitriles is 1. The molecular formula is C9H6INO3. The molecule has 0 N–H and O–H groups in total. The molecule has 0 heterocycles. The number of esters is 1. The van der Waals surface area contributed by atoms with Gasteiger partial charge >= 0.3 is 5.97 Å². The lowest BCUT2D eigenvalue weighted by Crippen LogP contribution is -2.04. The van der Waals surface area contributed by atoms with E-state index >= 15 is 0 Å². The number of rotatable bonds is 2. The van der Waals surface area contributed by atoms with E-state index in [0.717, 1.165) is 3.57 Å². The maximum atomic E-state index is 11.2. The highest BCUT2D eigenvalue weighted by atomic mass is 127. The van der Waals surface area contributed by atoms with Gasteiger partial charge in [-0.2, -0.15) is 0 Å². The van der Waals surface area contributed by atoms with E-state index < -0.39 is 5.97 Å². The van der Waals surface area contributed by atoms with Crippen LogP contribution < -0.4 is 4.74 Å². The van der Waals surface area contributed by atoms with Gasteiger partial charge in [-0.25, -0.2) is 4.79 Å². The van der Waals surface area contributed by atoms with Crippen molar-refractivity contribution < 1.29 is 14.3 Å². The van der Waals surface area contributed by atoms with Gasteiger partial charge in [0.05, 0.1) is 7.11 Å². The minimum atomic E-state index is -0.520. The largest absolute Gasteiger partial charge is 0.465 e. The number of nitrogens with zero attached hydrogens (tertiary/aromatic N) is 1. The predicted molar refractivity (Wildman–Crippen MR) is 56.7 cm³/mol. The van der Waals surface area contributed by atoms with Crippen molar-refractivity contribution in [3.05, 3.63) is 27.3 Å². The summed E-state index contributed by atoms with van der Waals surface area (Å²) in [5.74, 6) is -0.312. The van der Waals surface area contributed by atoms with Crippen LogP contribution in [0.3, 0.4) is 0 Å². The molecule has 0 unspecified atom stereocenters. The zero-order valence-corrected chi connectivity index (χ0v) is 9.44. The topological polar surface area (TPSA) is 59.3 Å². The number of carbonyl (C=O) groups is 1. The first-order valence-electron chi connectivity index (χ1n) is 3.63. The molecule has 72 valence electrons. The molecule has 14 heavy (non-hydrogen) atoms. The molecule has 0 aliphatic heterocycles. The first-order chi connectivity index (χ1) is 6.69. The van der Waals surface area contributed by atoms with Crippen LogP contribution in [0.5, 0.6) is 5.75 Å². The van der Waals surface area contributed by atoms with Crippen molar-refractivity contribution in [2.75, 3.05) is 7.11 Å². The van der Waals surface area contributed by atoms with E-state index in [4.69, 9.17) is 5.26 Å². The molecule has 0 spiro atoms. The predicted octanol–water partition coefficient (Wildman–Crippen LogP) is 1.94. The molecule has 0 radical (unpaired) electrons. The van der Waals surface area contributed by atoms with Crippen molar-refractivity contribution in [2.45, 2.75) is 0 Å². The third-order valence-corrected chi connectivity index (χ3v) is 2.17. The normalized spacial score (nSPS) is 8.93. The van der Waals surface area contributed by atoms with Gasteiger partial charge < -0.3 is 9.47 Å². The van der Waals surface area contributed by atoms with Crippen LogP contribution in [0.15, 0.2) is 18.2 Å². The first kappa shape index (κ1) is 10.8. The molecule has 0 bridgehead atoms. The highest BCUT2D eigenvalue weighted by Gasteiger charge is 2.13. The summed E-state index contributed by atoms with van der Waals surface area (Å²) in [6, 6.07) is 4.88. The van der Waals surface area contributed by atoms with Crippen LogP contribution in [0.2, 0.25) is 0 Å². The van der Waals surface area contributed by atoms with Crippen molar-refractivity contribution in [1.29, 1.82) is 5.26 Å². The molecule has 1 rings (SSSR count). The van der Waals surface area contributed by atoms with Crippen LogP contribution >= 0.6 is 22.6 Å². The van der Waals surface area contributed by atoms with Gasteiger partial charge in [-0.3, -0.25) is 0 Å². The van der Waals surface area contributed by atoms with Crippen LogP contribution in [-0.2, 0) is 4.74 Å². The summed E-state index contributed by atoms with van der Waals surface area (Å²) in [6.07, 6.45) is 1.51. The standard InChI is InChI=1S/C9H6INO3/c1-13-9(12)7-4-6(10)2-3-8(7)14-5-11/h2-4H,1H3. The van der Waals surface area contributed by atoms with Crippen molar-refractivity contribution >= 4 is 28.6 Å². The minimum absolute atomic E-state index is 0.208. The summed E-state index contributed by atoms with van der Waals surface area (Å²) in [4.78, 5) is 11.2. The summed E-state index contributed by atoms with van der Waals surface area (Å²) in [7, 11) is 1.28. The maximum absolute atomic E-state index is 11.2.